The molecule has 0 amide bonds. The molecule has 4 rings (SSSR count). The van der Waals surface area contributed by atoms with Crippen LogP contribution in [0.1, 0.15) is 49.3 Å². The van der Waals surface area contributed by atoms with Gasteiger partial charge in [-0.3, -0.25) is 9.59 Å². The number of aromatic nitrogens is 1. The van der Waals surface area contributed by atoms with Gasteiger partial charge < -0.3 is 9.14 Å². The molecule has 2 aromatic heterocycles. The Balaban J connectivity index is 1.85. The van der Waals surface area contributed by atoms with Crippen molar-refractivity contribution in [3.05, 3.63) is 113 Å². The van der Waals surface area contributed by atoms with E-state index < -0.39 is 11.8 Å². The van der Waals surface area contributed by atoms with Gasteiger partial charge in [0.05, 0.1) is 23.4 Å². The monoisotopic (exact) mass is 415 g/mol. The highest BCUT2D eigenvalue weighted by atomic mass is 19.1. The molecule has 0 aliphatic carbocycles. The van der Waals surface area contributed by atoms with Gasteiger partial charge in [0.2, 0.25) is 5.78 Å². The van der Waals surface area contributed by atoms with Crippen LogP contribution in [-0.2, 0) is 4.74 Å². The number of fused-ring (bicyclic) bond motifs is 1. The average molecular weight is 415 g/mol. The van der Waals surface area contributed by atoms with Gasteiger partial charge in [0, 0.05) is 22.9 Å². The molecule has 0 unspecified atom stereocenters. The molecule has 0 saturated carbocycles. The lowest BCUT2D eigenvalue weighted by Crippen LogP contribution is -2.07. The highest BCUT2D eigenvalue weighted by molar-refractivity contribution is 6.13. The van der Waals surface area contributed by atoms with Crippen LogP contribution in [0.25, 0.3) is 5.52 Å². The van der Waals surface area contributed by atoms with Crippen LogP contribution in [-0.4, -0.2) is 28.5 Å². The van der Waals surface area contributed by atoms with Gasteiger partial charge in [0.1, 0.15) is 5.82 Å². The molecule has 2 aromatic carbocycles. The van der Waals surface area contributed by atoms with E-state index in [1.807, 2.05) is 6.07 Å². The van der Waals surface area contributed by atoms with E-state index in [9.17, 15) is 18.8 Å². The van der Waals surface area contributed by atoms with E-state index in [0.29, 0.717) is 16.6 Å². The van der Waals surface area contributed by atoms with Crippen LogP contribution in [0.5, 0.6) is 0 Å². The van der Waals surface area contributed by atoms with Crippen molar-refractivity contribution in [1.29, 1.82) is 0 Å². The van der Waals surface area contributed by atoms with Gasteiger partial charge in [-0.1, -0.05) is 30.3 Å². The standard InChI is InChI=1S/C25H18FNO4/c1-2-31-25(30)20-15-22(24(29)17-8-10-19(26)11-9-17)27-13-12-18(14-21(20)27)23(28)16-6-4-3-5-7-16/h3-15H,2H2,1H3. The van der Waals surface area contributed by atoms with Crippen molar-refractivity contribution in [2.24, 2.45) is 0 Å². The lowest BCUT2D eigenvalue weighted by atomic mass is 10.0. The first-order chi connectivity index (χ1) is 15.0. The smallest absolute Gasteiger partial charge is 0.340 e. The van der Waals surface area contributed by atoms with Crippen molar-refractivity contribution in [3.8, 4) is 0 Å². The Hall–Kier alpha value is -4.06. The van der Waals surface area contributed by atoms with Crippen molar-refractivity contribution in [3.63, 3.8) is 0 Å². The molecule has 0 atom stereocenters. The summed E-state index contributed by atoms with van der Waals surface area (Å²) in [7, 11) is 0. The molecule has 6 heteroatoms. The molecule has 0 spiro atoms. The van der Waals surface area contributed by atoms with Gasteiger partial charge >= 0.3 is 5.97 Å². The molecule has 0 aliphatic rings. The minimum absolute atomic E-state index is 0.167. The van der Waals surface area contributed by atoms with E-state index in [0.717, 1.165) is 0 Å². The lowest BCUT2D eigenvalue weighted by Gasteiger charge is -2.06. The second-order valence-corrected chi connectivity index (χ2v) is 6.87. The fourth-order valence-corrected chi connectivity index (χ4v) is 3.39. The maximum Gasteiger partial charge on any atom is 0.340 e. The average Bonchev–Trinajstić information content (AvgIpc) is 3.18. The minimum Gasteiger partial charge on any atom is -0.462 e. The fourth-order valence-electron chi connectivity index (χ4n) is 3.39. The molecule has 0 N–H and O–H groups in total. The molecule has 0 fully saturated rings. The highest BCUT2D eigenvalue weighted by Gasteiger charge is 2.22. The molecular weight excluding hydrogens is 397 g/mol. The third-order valence-electron chi connectivity index (χ3n) is 4.90. The highest BCUT2D eigenvalue weighted by Crippen LogP contribution is 2.23. The van der Waals surface area contributed by atoms with E-state index in [1.165, 1.54) is 30.3 Å². The number of carbonyl (C=O) groups excluding carboxylic acids is 3. The zero-order valence-corrected chi connectivity index (χ0v) is 16.7. The third kappa shape index (κ3) is 3.88. The SMILES string of the molecule is CCOC(=O)c1cc(C(=O)c2ccc(F)cc2)n2ccc(C(=O)c3ccccc3)cc12. The van der Waals surface area contributed by atoms with Crippen molar-refractivity contribution in [1.82, 2.24) is 4.40 Å². The second kappa shape index (κ2) is 8.36. The summed E-state index contributed by atoms with van der Waals surface area (Å²) >= 11 is 0. The van der Waals surface area contributed by atoms with E-state index in [4.69, 9.17) is 4.74 Å². The van der Waals surface area contributed by atoms with E-state index in [2.05, 4.69) is 0 Å². The number of nitrogens with zero attached hydrogens (tertiary/aromatic N) is 1. The fraction of sp³-hybridized carbons (Fsp3) is 0.0800. The zero-order valence-electron chi connectivity index (χ0n) is 16.7. The topological polar surface area (TPSA) is 64.8 Å². The number of ketones is 2. The summed E-state index contributed by atoms with van der Waals surface area (Å²) < 4.78 is 19.9. The number of ether oxygens (including phenoxy) is 1. The summed E-state index contributed by atoms with van der Waals surface area (Å²) in [5, 5.41) is 0. The van der Waals surface area contributed by atoms with Crippen molar-refractivity contribution >= 4 is 23.1 Å². The first kappa shape index (κ1) is 20.2. The van der Waals surface area contributed by atoms with Crippen molar-refractivity contribution in [2.75, 3.05) is 6.61 Å². The van der Waals surface area contributed by atoms with E-state index in [1.54, 1.807) is 53.9 Å². The number of carbonyl (C=O) groups is 3. The number of esters is 1. The van der Waals surface area contributed by atoms with Crippen LogP contribution in [0, 0.1) is 5.82 Å². The number of halogens is 1. The Bertz CT molecular complexity index is 1290. The molecule has 2 heterocycles. The van der Waals surface area contributed by atoms with Gasteiger partial charge in [0.25, 0.3) is 0 Å². The quantitative estimate of drug-likeness (QED) is 0.338. The molecule has 0 aliphatic heterocycles. The van der Waals surface area contributed by atoms with Gasteiger partial charge in [0.15, 0.2) is 5.78 Å². The summed E-state index contributed by atoms with van der Waals surface area (Å²) in [6.07, 6.45) is 1.57. The Morgan fingerprint density at radius 2 is 1.52 bits per heavy atom. The molecule has 4 aromatic rings. The number of hydrogen-bond donors (Lipinski definition) is 0. The Morgan fingerprint density at radius 3 is 2.19 bits per heavy atom. The summed E-state index contributed by atoms with van der Waals surface area (Å²) in [6, 6.07) is 18.6. The predicted molar refractivity (Wildman–Crippen MR) is 113 cm³/mol. The van der Waals surface area contributed by atoms with Gasteiger partial charge in [-0.05, 0) is 49.4 Å². The molecule has 0 bridgehead atoms. The van der Waals surface area contributed by atoms with Gasteiger partial charge in [-0.25, -0.2) is 9.18 Å². The molecule has 31 heavy (non-hydrogen) atoms. The van der Waals surface area contributed by atoms with Crippen LogP contribution in [0.4, 0.5) is 4.39 Å². The first-order valence-corrected chi connectivity index (χ1v) is 9.72. The number of pyridine rings is 1. The maximum atomic E-state index is 13.3. The van der Waals surface area contributed by atoms with Crippen LogP contribution < -0.4 is 0 Å². The lowest BCUT2D eigenvalue weighted by molar-refractivity contribution is 0.0528. The molecule has 5 nitrogen and oxygen atoms in total. The van der Waals surface area contributed by atoms with Gasteiger partial charge in [-0.15, -0.1) is 0 Å². The summed E-state index contributed by atoms with van der Waals surface area (Å²) in [4.78, 5) is 38.5. The number of benzene rings is 2. The molecular formula is C25H18FNO4. The van der Waals surface area contributed by atoms with Crippen LogP contribution in [0.2, 0.25) is 0 Å². The number of hydrogen-bond acceptors (Lipinski definition) is 4. The molecule has 0 saturated heterocycles. The van der Waals surface area contributed by atoms with E-state index in [-0.39, 0.29) is 35.0 Å². The van der Waals surface area contributed by atoms with Crippen LogP contribution in [0.15, 0.2) is 79.0 Å². The van der Waals surface area contributed by atoms with Gasteiger partial charge in [-0.2, -0.15) is 0 Å². The normalized spacial score (nSPS) is 10.8. The third-order valence-corrected chi connectivity index (χ3v) is 4.90. The number of rotatable bonds is 6. The van der Waals surface area contributed by atoms with Crippen molar-refractivity contribution < 1.29 is 23.5 Å². The van der Waals surface area contributed by atoms with Crippen LogP contribution >= 0.6 is 0 Å². The summed E-state index contributed by atoms with van der Waals surface area (Å²) in [5.74, 6) is -1.63. The maximum absolute atomic E-state index is 13.3. The molecule has 154 valence electrons. The zero-order chi connectivity index (χ0) is 22.0. The van der Waals surface area contributed by atoms with E-state index >= 15 is 0 Å². The van der Waals surface area contributed by atoms with Crippen LogP contribution in [0.3, 0.4) is 0 Å². The predicted octanol–water partition coefficient (Wildman–Crippen LogP) is 4.72. The Kier molecular flexibility index (Phi) is 5.45. The molecule has 0 radical (unpaired) electrons. The first-order valence-electron chi connectivity index (χ1n) is 9.72. The second-order valence-electron chi connectivity index (χ2n) is 6.87. The minimum atomic E-state index is -0.595. The summed E-state index contributed by atoms with van der Waals surface area (Å²) in [5.41, 5.74) is 1.94. The Morgan fingerprint density at radius 1 is 0.839 bits per heavy atom. The summed E-state index contributed by atoms with van der Waals surface area (Å²) in [6.45, 7) is 1.85. The largest absolute Gasteiger partial charge is 0.462 e. The Labute approximate surface area is 177 Å². The van der Waals surface area contributed by atoms with Crippen molar-refractivity contribution in [2.45, 2.75) is 6.92 Å².